The summed E-state index contributed by atoms with van der Waals surface area (Å²) in [5.41, 5.74) is 0. The smallest absolute Gasteiger partial charge is 0.223 e. The molecule has 0 aromatic rings. The van der Waals surface area contributed by atoms with Crippen molar-refractivity contribution in [1.82, 2.24) is 10.6 Å². The highest BCUT2D eigenvalue weighted by Crippen LogP contribution is 2.27. The van der Waals surface area contributed by atoms with E-state index >= 15 is 0 Å². The van der Waals surface area contributed by atoms with Crippen LogP contribution in [0, 0.1) is 11.8 Å². The second-order valence-corrected chi connectivity index (χ2v) is 7.53. The van der Waals surface area contributed by atoms with Crippen molar-refractivity contribution in [3.05, 3.63) is 0 Å². The number of amides is 2. The first-order chi connectivity index (χ1) is 10.7. The second-order valence-electron chi connectivity index (χ2n) is 7.53. The molecule has 0 aromatic heterocycles. The lowest BCUT2D eigenvalue weighted by atomic mass is 9.90. The van der Waals surface area contributed by atoms with Crippen LogP contribution in [0.4, 0.5) is 0 Å². The quantitative estimate of drug-likeness (QED) is 0.839. The van der Waals surface area contributed by atoms with Crippen molar-refractivity contribution in [2.24, 2.45) is 11.8 Å². The molecular formula is C18H30N2O2. The molecule has 0 heterocycles. The van der Waals surface area contributed by atoms with E-state index in [1.165, 1.54) is 25.7 Å². The molecule has 3 aliphatic carbocycles. The Bertz CT molecular complexity index is 352. The van der Waals surface area contributed by atoms with Gasteiger partial charge in [0.1, 0.15) is 0 Å². The molecule has 0 atom stereocenters. The Balaban J connectivity index is 1.36. The molecular weight excluding hydrogens is 276 g/mol. The first-order valence-electron chi connectivity index (χ1n) is 9.33. The van der Waals surface area contributed by atoms with Gasteiger partial charge < -0.3 is 10.6 Å². The average molecular weight is 306 g/mol. The first-order valence-corrected chi connectivity index (χ1v) is 9.33. The summed E-state index contributed by atoms with van der Waals surface area (Å²) in [5, 5.41) is 6.48. The molecule has 4 heteroatoms. The maximum absolute atomic E-state index is 12.2. The third kappa shape index (κ3) is 4.02. The van der Waals surface area contributed by atoms with E-state index in [9.17, 15) is 9.59 Å². The minimum Gasteiger partial charge on any atom is -0.353 e. The number of hydrogen-bond acceptors (Lipinski definition) is 2. The van der Waals surface area contributed by atoms with Gasteiger partial charge >= 0.3 is 0 Å². The molecule has 0 unspecified atom stereocenters. The van der Waals surface area contributed by atoms with Crippen LogP contribution in [0.15, 0.2) is 0 Å². The molecule has 0 spiro atoms. The first kappa shape index (κ1) is 15.8. The molecule has 0 aromatic carbocycles. The zero-order chi connectivity index (χ0) is 15.4. The third-order valence-corrected chi connectivity index (χ3v) is 5.87. The molecule has 0 aliphatic heterocycles. The Morgan fingerprint density at radius 1 is 0.545 bits per heavy atom. The topological polar surface area (TPSA) is 58.2 Å². The van der Waals surface area contributed by atoms with Crippen LogP contribution >= 0.6 is 0 Å². The van der Waals surface area contributed by atoms with Crippen molar-refractivity contribution < 1.29 is 9.59 Å². The minimum atomic E-state index is 0.264. The van der Waals surface area contributed by atoms with Crippen molar-refractivity contribution >= 4 is 11.8 Å². The molecule has 3 saturated carbocycles. The highest BCUT2D eigenvalue weighted by Gasteiger charge is 2.29. The van der Waals surface area contributed by atoms with Gasteiger partial charge in [0.15, 0.2) is 0 Å². The number of hydrogen-bond donors (Lipinski definition) is 2. The maximum atomic E-state index is 12.2. The Morgan fingerprint density at radius 2 is 0.864 bits per heavy atom. The molecule has 0 radical (unpaired) electrons. The molecule has 124 valence electrons. The van der Waals surface area contributed by atoms with Crippen molar-refractivity contribution in [1.29, 1.82) is 0 Å². The van der Waals surface area contributed by atoms with Gasteiger partial charge in [0.25, 0.3) is 0 Å². The van der Waals surface area contributed by atoms with Crippen molar-refractivity contribution in [2.75, 3.05) is 0 Å². The average Bonchev–Trinajstić information content (AvgIpc) is 3.23. The minimum absolute atomic E-state index is 0.264. The van der Waals surface area contributed by atoms with Gasteiger partial charge in [-0.1, -0.05) is 25.7 Å². The molecule has 3 rings (SSSR count). The lowest BCUT2D eigenvalue weighted by Crippen LogP contribution is -2.46. The largest absolute Gasteiger partial charge is 0.353 e. The van der Waals surface area contributed by atoms with E-state index in [0.717, 1.165) is 51.4 Å². The van der Waals surface area contributed by atoms with Crippen LogP contribution in [-0.4, -0.2) is 23.9 Å². The summed E-state index contributed by atoms with van der Waals surface area (Å²) in [6.07, 6.45) is 13.1. The SMILES string of the molecule is O=C(NC1CCC(NC(=O)C2CCCC2)CC1)C1CCCC1. The van der Waals surface area contributed by atoms with E-state index in [0.29, 0.717) is 12.1 Å². The van der Waals surface area contributed by atoms with E-state index in [1.807, 2.05) is 0 Å². The second kappa shape index (κ2) is 7.47. The van der Waals surface area contributed by atoms with E-state index in [2.05, 4.69) is 10.6 Å². The Hall–Kier alpha value is -1.06. The number of nitrogens with one attached hydrogen (secondary N) is 2. The van der Waals surface area contributed by atoms with E-state index in [4.69, 9.17) is 0 Å². The molecule has 2 amide bonds. The van der Waals surface area contributed by atoms with Gasteiger partial charge in [-0.2, -0.15) is 0 Å². The van der Waals surface area contributed by atoms with Gasteiger partial charge in [-0.05, 0) is 51.4 Å². The predicted octanol–water partition coefficient (Wildman–Crippen LogP) is 2.91. The highest BCUT2D eigenvalue weighted by atomic mass is 16.2. The van der Waals surface area contributed by atoms with Crippen molar-refractivity contribution in [3.8, 4) is 0 Å². The van der Waals surface area contributed by atoms with Crippen molar-refractivity contribution in [3.63, 3.8) is 0 Å². The number of rotatable bonds is 4. The highest BCUT2D eigenvalue weighted by molar-refractivity contribution is 5.79. The lowest BCUT2D eigenvalue weighted by Gasteiger charge is -2.31. The van der Waals surface area contributed by atoms with Crippen molar-refractivity contribution in [2.45, 2.75) is 89.1 Å². The van der Waals surface area contributed by atoms with Crippen LogP contribution < -0.4 is 10.6 Å². The normalized spacial score (nSPS) is 30.4. The lowest BCUT2D eigenvalue weighted by molar-refractivity contribution is -0.127. The molecule has 0 bridgehead atoms. The van der Waals surface area contributed by atoms with Crippen LogP contribution in [0.5, 0.6) is 0 Å². The fourth-order valence-electron chi connectivity index (χ4n) is 4.40. The molecule has 4 nitrogen and oxygen atoms in total. The number of carbonyl (C=O) groups excluding carboxylic acids is 2. The molecule has 2 N–H and O–H groups in total. The Labute approximate surface area is 133 Å². The standard InChI is InChI=1S/C18H30N2O2/c21-17(13-5-1-2-6-13)19-15-9-11-16(12-10-15)20-18(22)14-7-3-4-8-14/h13-16H,1-12H2,(H,19,21)(H,20,22). The van der Waals surface area contributed by atoms with Gasteiger partial charge in [-0.15, -0.1) is 0 Å². The summed E-state index contributed by atoms with van der Waals surface area (Å²) in [5.74, 6) is 1.08. The van der Waals surface area contributed by atoms with Gasteiger partial charge in [0, 0.05) is 23.9 Å². The molecule has 3 aliphatic rings. The molecule has 22 heavy (non-hydrogen) atoms. The van der Waals surface area contributed by atoms with Crippen LogP contribution in [-0.2, 0) is 9.59 Å². The van der Waals surface area contributed by atoms with Crippen LogP contribution in [0.3, 0.4) is 0 Å². The van der Waals surface area contributed by atoms with Gasteiger partial charge in [-0.3, -0.25) is 9.59 Å². The predicted molar refractivity (Wildman–Crippen MR) is 86.2 cm³/mol. The summed E-state index contributed by atoms with van der Waals surface area (Å²) in [4.78, 5) is 24.3. The monoisotopic (exact) mass is 306 g/mol. The Morgan fingerprint density at radius 3 is 1.18 bits per heavy atom. The summed E-state index contributed by atoms with van der Waals surface area (Å²) >= 11 is 0. The Kier molecular flexibility index (Phi) is 5.37. The third-order valence-electron chi connectivity index (χ3n) is 5.87. The van der Waals surface area contributed by atoms with E-state index in [-0.39, 0.29) is 23.7 Å². The fourth-order valence-corrected chi connectivity index (χ4v) is 4.40. The van der Waals surface area contributed by atoms with Gasteiger partial charge in [-0.25, -0.2) is 0 Å². The van der Waals surface area contributed by atoms with Crippen LogP contribution in [0.1, 0.15) is 77.0 Å². The van der Waals surface area contributed by atoms with Crippen LogP contribution in [0.2, 0.25) is 0 Å². The van der Waals surface area contributed by atoms with E-state index < -0.39 is 0 Å². The van der Waals surface area contributed by atoms with Crippen LogP contribution in [0.25, 0.3) is 0 Å². The van der Waals surface area contributed by atoms with Gasteiger partial charge in [0.05, 0.1) is 0 Å². The van der Waals surface area contributed by atoms with E-state index in [1.54, 1.807) is 0 Å². The molecule has 0 saturated heterocycles. The molecule has 3 fully saturated rings. The zero-order valence-electron chi connectivity index (χ0n) is 13.6. The van der Waals surface area contributed by atoms with Gasteiger partial charge in [0.2, 0.25) is 11.8 Å². The zero-order valence-corrected chi connectivity index (χ0v) is 13.6. The summed E-state index contributed by atoms with van der Waals surface area (Å²) in [6.45, 7) is 0. The fraction of sp³-hybridized carbons (Fsp3) is 0.889. The number of carbonyl (C=O) groups is 2. The maximum Gasteiger partial charge on any atom is 0.223 e. The summed E-state index contributed by atoms with van der Waals surface area (Å²) in [6, 6.07) is 0.653. The summed E-state index contributed by atoms with van der Waals surface area (Å²) in [7, 11) is 0. The summed E-state index contributed by atoms with van der Waals surface area (Å²) < 4.78 is 0.